The van der Waals surface area contributed by atoms with E-state index in [1.165, 1.54) is 22.7 Å². The van der Waals surface area contributed by atoms with Crippen molar-refractivity contribution in [2.75, 3.05) is 46.0 Å². The molecular weight excluding hydrogens is 346 g/mol. The van der Waals surface area contributed by atoms with Gasteiger partial charge in [-0.1, -0.05) is 37.3 Å². The lowest BCUT2D eigenvalue weighted by Gasteiger charge is -2.39. The third-order valence-electron chi connectivity index (χ3n) is 5.16. The van der Waals surface area contributed by atoms with E-state index in [-0.39, 0.29) is 5.75 Å². The van der Waals surface area contributed by atoms with E-state index in [1.54, 1.807) is 14.1 Å². The molecule has 1 aliphatic rings. The van der Waals surface area contributed by atoms with E-state index in [1.807, 2.05) is 0 Å². The molecule has 6 heteroatoms. The molecule has 5 nitrogen and oxygen atoms in total. The van der Waals surface area contributed by atoms with Gasteiger partial charge in [-0.15, -0.1) is 0 Å². The fourth-order valence-corrected chi connectivity index (χ4v) is 4.57. The molecule has 1 saturated heterocycles. The van der Waals surface area contributed by atoms with Crippen molar-refractivity contribution in [3.8, 4) is 0 Å². The number of nitrogens with zero attached hydrogens (tertiary/aromatic N) is 3. The molecule has 0 spiro atoms. The molecule has 26 heavy (non-hydrogen) atoms. The van der Waals surface area contributed by atoms with Gasteiger partial charge in [0, 0.05) is 33.2 Å². The van der Waals surface area contributed by atoms with Crippen LogP contribution in [0.15, 0.2) is 30.3 Å². The first kappa shape index (κ1) is 21.4. The van der Waals surface area contributed by atoms with E-state index in [4.69, 9.17) is 0 Å². The van der Waals surface area contributed by atoms with Gasteiger partial charge in [0.05, 0.1) is 5.75 Å². The number of likely N-dealkylation sites (tertiary alicyclic amines) is 1. The number of sulfonamides is 1. The number of hydrogen-bond acceptors (Lipinski definition) is 4. The van der Waals surface area contributed by atoms with Crippen molar-refractivity contribution in [1.82, 2.24) is 14.1 Å². The van der Waals surface area contributed by atoms with Crippen LogP contribution in [0.2, 0.25) is 0 Å². The predicted molar refractivity (Wildman–Crippen MR) is 109 cm³/mol. The molecule has 0 aliphatic carbocycles. The molecule has 1 heterocycles. The van der Waals surface area contributed by atoms with E-state index in [2.05, 4.69) is 47.1 Å². The minimum Gasteiger partial charge on any atom is -0.299 e. The lowest BCUT2D eigenvalue weighted by atomic mass is 10.0. The zero-order valence-electron chi connectivity index (χ0n) is 16.6. The maximum absolute atomic E-state index is 12.0. The lowest BCUT2D eigenvalue weighted by molar-refractivity contribution is 0.0930. The predicted octanol–water partition coefficient (Wildman–Crippen LogP) is 2.64. The highest BCUT2D eigenvalue weighted by Crippen LogP contribution is 2.19. The van der Waals surface area contributed by atoms with Crippen LogP contribution in [0.3, 0.4) is 0 Å². The minimum atomic E-state index is -3.09. The van der Waals surface area contributed by atoms with Crippen molar-refractivity contribution < 1.29 is 8.42 Å². The van der Waals surface area contributed by atoms with Gasteiger partial charge in [0.25, 0.3) is 0 Å². The monoisotopic (exact) mass is 381 g/mol. The molecule has 1 fully saturated rings. The third kappa shape index (κ3) is 6.65. The fourth-order valence-electron chi connectivity index (χ4n) is 3.71. The first-order valence-electron chi connectivity index (χ1n) is 9.83. The number of rotatable bonds is 10. The summed E-state index contributed by atoms with van der Waals surface area (Å²) in [5.41, 5.74) is 1.37. The minimum absolute atomic E-state index is 0.237. The molecule has 0 saturated carbocycles. The molecule has 1 unspecified atom stereocenters. The first-order chi connectivity index (χ1) is 12.4. The summed E-state index contributed by atoms with van der Waals surface area (Å²) >= 11 is 0. The Balaban J connectivity index is 1.89. The van der Waals surface area contributed by atoms with Crippen LogP contribution in [0.1, 0.15) is 38.2 Å². The molecule has 1 aromatic rings. The van der Waals surface area contributed by atoms with Crippen LogP contribution in [0.4, 0.5) is 0 Å². The molecular formula is C20H35N3O2S. The van der Waals surface area contributed by atoms with Crippen LogP contribution >= 0.6 is 0 Å². The Hall–Kier alpha value is -0.950. The number of hydrogen-bond donors (Lipinski definition) is 0. The fraction of sp³-hybridized carbons (Fsp3) is 0.700. The number of piperidine rings is 1. The standard InChI is InChI=1S/C20H35N3O2S/c1-4-13-23(15-9-16-26(24,25)21(2)3)20-12-8-14-22(18-20)17-19-10-6-5-7-11-19/h5-7,10-11,20H,4,8-9,12-18H2,1-3H3. The van der Waals surface area contributed by atoms with E-state index in [0.717, 1.165) is 39.1 Å². The summed E-state index contributed by atoms with van der Waals surface area (Å²) in [6.45, 7) is 7.35. The molecule has 1 atom stereocenters. The van der Waals surface area contributed by atoms with Crippen molar-refractivity contribution in [3.63, 3.8) is 0 Å². The Morgan fingerprint density at radius 1 is 1.15 bits per heavy atom. The molecule has 148 valence electrons. The SMILES string of the molecule is CCCN(CCCS(=O)(=O)N(C)C)C1CCCN(Cc2ccccc2)C1. The molecule has 2 rings (SSSR count). The van der Waals surface area contributed by atoms with Crippen LogP contribution in [0, 0.1) is 0 Å². The largest absolute Gasteiger partial charge is 0.299 e. The second kappa shape index (κ2) is 10.4. The van der Waals surface area contributed by atoms with Crippen molar-refractivity contribution in [3.05, 3.63) is 35.9 Å². The summed E-state index contributed by atoms with van der Waals surface area (Å²) < 4.78 is 25.3. The van der Waals surface area contributed by atoms with Crippen LogP contribution in [0.25, 0.3) is 0 Å². The highest BCUT2D eigenvalue weighted by molar-refractivity contribution is 7.89. The van der Waals surface area contributed by atoms with Crippen molar-refractivity contribution >= 4 is 10.0 Å². The van der Waals surface area contributed by atoms with Gasteiger partial charge in [-0.25, -0.2) is 12.7 Å². The normalized spacial score (nSPS) is 19.3. The second-order valence-corrected chi connectivity index (χ2v) is 9.81. The molecule has 0 bridgehead atoms. The smallest absolute Gasteiger partial charge is 0.213 e. The average molecular weight is 382 g/mol. The highest BCUT2D eigenvalue weighted by atomic mass is 32.2. The van der Waals surface area contributed by atoms with Gasteiger partial charge >= 0.3 is 0 Å². The first-order valence-corrected chi connectivity index (χ1v) is 11.4. The topological polar surface area (TPSA) is 43.9 Å². The molecule has 0 radical (unpaired) electrons. The van der Waals surface area contributed by atoms with Crippen LogP contribution in [-0.2, 0) is 16.6 Å². The van der Waals surface area contributed by atoms with Crippen molar-refractivity contribution in [1.29, 1.82) is 0 Å². The molecule has 1 aromatic carbocycles. The van der Waals surface area contributed by atoms with E-state index >= 15 is 0 Å². The lowest BCUT2D eigenvalue weighted by Crippen LogP contribution is -2.48. The Kier molecular flexibility index (Phi) is 8.54. The molecule has 0 amide bonds. The maximum atomic E-state index is 12.0. The van der Waals surface area contributed by atoms with E-state index < -0.39 is 10.0 Å². The zero-order chi connectivity index (χ0) is 19.0. The Morgan fingerprint density at radius 2 is 1.88 bits per heavy atom. The average Bonchev–Trinajstić information content (AvgIpc) is 2.62. The molecule has 0 N–H and O–H groups in total. The summed E-state index contributed by atoms with van der Waals surface area (Å²) in [4.78, 5) is 5.06. The van der Waals surface area contributed by atoms with Gasteiger partial charge < -0.3 is 0 Å². The van der Waals surface area contributed by atoms with Crippen LogP contribution in [-0.4, -0.2) is 74.6 Å². The van der Waals surface area contributed by atoms with Gasteiger partial charge in [-0.2, -0.15) is 0 Å². The second-order valence-electron chi connectivity index (χ2n) is 7.50. The molecule has 0 aromatic heterocycles. The quantitative estimate of drug-likeness (QED) is 0.625. The molecule has 1 aliphatic heterocycles. The van der Waals surface area contributed by atoms with Crippen LogP contribution in [0.5, 0.6) is 0 Å². The van der Waals surface area contributed by atoms with Gasteiger partial charge in [0.15, 0.2) is 0 Å². The Bertz CT molecular complexity index is 619. The third-order valence-corrected chi connectivity index (χ3v) is 7.08. The van der Waals surface area contributed by atoms with E-state index in [9.17, 15) is 8.42 Å². The van der Waals surface area contributed by atoms with Gasteiger partial charge in [-0.3, -0.25) is 9.80 Å². The summed E-state index contributed by atoms with van der Waals surface area (Å²) in [6.07, 6.45) is 4.24. The highest BCUT2D eigenvalue weighted by Gasteiger charge is 2.25. The summed E-state index contributed by atoms with van der Waals surface area (Å²) in [7, 11) is 0.131. The van der Waals surface area contributed by atoms with Gasteiger partial charge in [0.1, 0.15) is 0 Å². The van der Waals surface area contributed by atoms with Crippen molar-refractivity contribution in [2.45, 2.75) is 45.2 Å². The summed E-state index contributed by atoms with van der Waals surface area (Å²) in [6, 6.07) is 11.2. The van der Waals surface area contributed by atoms with Gasteiger partial charge in [-0.05, 0) is 50.9 Å². The Morgan fingerprint density at radius 3 is 2.54 bits per heavy atom. The summed E-state index contributed by atoms with van der Waals surface area (Å²) in [5, 5.41) is 0. The van der Waals surface area contributed by atoms with Crippen LogP contribution < -0.4 is 0 Å². The Labute approximate surface area is 160 Å². The van der Waals surface area contributed by atoms with Crippen molar-refractivity contribution in [2.24, 2.45) is 0 Å². The maximum Gasteiger partial charge on any atom is 0.213 e. The zero-order valence-corrected chi connectivity index (χ0v) is 17.4. The van der Waals surface area contributed by atoms with Gasteiger partial charge in [0.2, 0.25) is 10.0 Å². The summed E-state index contributed by atoms with van der Waals surface area (Å²) in [5.74, 6) is 0.237. The number of benzene rings is 1. The van der Waals surface area contributed by atoms with E-state index in [0.29, 0.717) is 12.5 Å².